The van der Waals surface area contributed by atoms with Crippen LogP contribution in [0.1, 0.15) is 34.3 Å². The summed E-state index contributed by atoms with van der Waals surface area (Å²) in [5.41, 5.74) is 2.13. The number of H-pyrrole nitrogens is 1. The van der Waals surface area contributed by atoms with Gasteiger partial charge in [0, 0.05) is 59.9 Å². The van der Waals surface area contributed by atoms with Crippen molar-refractivity contribution < 1.29 is 22.0 Å². The molecule has 1 N–H and O–H groups in total. The van der Waals surface area contributed by atoms with E-state index in [1.165, 1.54) is 24.0 Å². The van der Waals surface area contributed by atoms with Crippen LogP contribution in [-0.2, 0) is 12.6 Å². The van der Waals surface area contributed by atoms with Crippen LogP contribution >= 0.6 is 11.6 Å². The highest BCUT2D eigenvalue weighted by molar-refractivity contribution is 6.31. The number of nitrogens with zero attached hydrogens (tertiary/aromatic N) is 6. The van der Waals surface area contributed by atoms with E-state index in [1.807, 2.05) is 7.05 Å². The van der Waals surface area contributed by atoms with E-state index in [1.54, 1.807) is 23.1 Å². The van der Waals surface area contributed by atoms with Crippen LogP contribution in [0.15, 0.2) is 30.3 Å². The number of piperazine rings is 1. The largest absolute Gasteiger partial charge is 0.451 e. The molecule has 0 spiro atoms. The Morgan fingerprint density at radius 2 is 1.65 bits per heavy atom. The van der Waals surface area contributed by atoms with Crippen molar-refractivity contribution in [1.82, 2.24) is 24.8 Å². The fourth-order valence-corrected chi connectivity index (χ4v) is 5.60. The molecule has 13 heteroatoms. The monoisotopic (exact) mass is 577 g/mol. The number of hydrogen-bond donors (Lipinski definition) is 1. The van der Waals surface area contributed by atoms with Gasteiger partial charge in [0.2, 0.25) is 17.7 Å². The summed E-state index contributed by atoms with van der Waals surface area (Å²) in [5, 5.41) is 1.31. The molecule has 0 radical (unpaired) electrons. The van der Waals surface area contributed by atoms with Crippen LogP contribution in [0.4, 0.5) is 33.8 Å². The average molecular weight is 578 g/mol. The third kappa shape index (κ3) is 4.62. The fourth-order valence-electron chi connectivity index (χ4n) is 5.43. The molecule has 2 aromatic heterocycles. The molecule has 210 valence electrons. The number of nitrogens with one attached hydrogen (secondary N) is 1. The number of likely N-dealkylation sites (N-methyl/N-ethyl adjacent to an activating group) is 1. The molecule has 0 bridgehead atoms. The van der Waals surface area contributed by atoms with Crippen LogP contribution in [0.5, 0.6) is 0 Å². The number of aromatic amines is 1. The van der Waals surface area contributed by atoms with Crippen LogP contribution in [0.25, 0.3) is 10.9 Å². The highest BCUT2D eigenvalue weighted by atomic mass is 35.5. The van der Waals surface area contributed by atoms with Crippen molar-refractivity contribution in [3.05, 3.63) is 75.2 Å². The molecule has 0 unspecified atom stereocenters. The fraction of sp³-hybridized carbons (Fsp3) is 0.370. The van der Waals surface area contributed by atoms with Crippen LogP contribution in [0.2, 0.25) is 5.02 Å². The Morgan fingerprint density at radius 1 is 0.925 bits per heavy atom. The van der Waals surface area contributed by atoms with E-state index in [4.69, 9.17) is 11.6 Å². The van der Waals surface area contributed by atoms with Crippen LogP contribution in [0, 0.1) is 18.6 Å². The summed E-state index contributed by atoms with van der Waals surface area (Å²) in [4.78, 5) is 20.5. The van der Waals surface area contributed by atoms with Gasteiger partial charge in [0.05, 0.1) is 0 Å². The molecule has 2 aliphatic rings. The minimum absolute atomic E-state index is 0.0446. The normalized spacial score (nSPS) is 18.4. The molecular weight excluding hydrogens is 553 g/mol. The summed E-state index contributed by atoms with van der Waals surface area (Å²) in [6, 6.07) is 7.12. The standard InChI is InChI=1S/C27H25ClF5N7/c1-14-3-5-17(21(30)20(14)29)23-22-16(18-13-15(28)4-6-19(18)34-22)7-8-40(23)26-36-24(27(31,32)33)35-25(37-26)39-11-9-38(2)10-12-39/h3-6,13,23,34H,7-12H2,1-2H3/t23-/m0/s1. The van der Waals surface area contributed by atoms with Gasteiger partial charge in [0.15, 0.2) is 11.6 Å². The molecule has 7 nitrogen and oxygen atoms in total. The van der Waals surface area contributed by atoms with E-state index in [0.29, 0.717) is 43.3 Å². The first-order chi connectivity index (χ1) is 19.0. The highest BCUT2D eigenvalue weighted by Gasteiger charge is 2.40. The van der Waals surface area contributed by atoms with E-state index in [0.717, 1.165) is 16.5 Å². The van der Waals surface area contributed by atoms with Crippen LogP contribution in [0.3, 0.4) is 0 Å². The predicted octanol–water partition coefficient (Wildman–Crippen LogP) is 5.52. The molecule has 2 aromatic carbocycles. The van der Waals surface area contributed by atoms with Crippen molar-refractivity contribution in [2.24, 2.45) is 0 Å². The zero-order chi connectivity index (χ0) is 28.3. The van der Waals surface area contributed by atoms with Crippen molar-refractivity contribution >= 4 is 34.4 Å². The number of aryl methyl sites for hydroxylation is 1. The highest BCUT2D eigenvalue weighted by Crippen LogP contribution is 2.42. The lowest BCUT2D eigenvalue weighted by atomic mass is 9.91. The lowest BCUT2D eigenvalue weighted by Gasteiger charge is -2.37. The minimum Gasteiger partial charge on any atom is -0.356 e. The lowest BCUT2D eigenvalue weighted by Crippen LogP contribution is -2.46. The number of aromatic nitrogens is 4. The Labute approximate surface area is 231 Å². The summed E-state index contributed by atoms with van der Waals surface area (Å²) in [5.74, 6) is -3.80. The molecule has 1 atom stereocenters. The first-order valence-corrected chi connectivity index (χ1v) is 13.2. The van der Waals surface area contributed by atoms with Gasteiger partial charge in [-0.05, 0) is 49.7 Å². The number of fused-ring (bicyclic) bond motifs is 3. The molecule has 6 rings (SSSR count). The average Bonchev–Trinajstić information content (AvgIpc) is 3.29. The molecule has 1 fully saturated rings. The summed E-state index contributed by atoms with van der Waals surface area (Å²) in [7, 11) is 1.93. The molecule has 0 saturated carbocycles. The second-order valence-electron chi connectivity index (χ2n) is 10.2. The molecule has 0 aliphatic carbocycles. The number of halogens is 6. The Morgan fingerprint density at radius 3 is 2.38 bits per heavy atom. The summed E-state index contributed by atoms with van der Waals surface area (Å²) < 4.78 is 72.4. The summed E-state index contributed by atoms with van der Waals surface area (Å²) in [6.07, 6.45) is -4.45. The molecule has 40 heavy (non-hydrogen) atoms. The Balaban J connectivity index is 1.54. The number of anilines is 2. The second-order valence-corrected chi connectivity index (χ2v) is 10.6. The van der Waals surface area contributed by atoms with E-state index >= 15 is 4.39 Å². The SMILES string of the molecule is Cc1ccc([C@H]2c3[nH]c4ccc(Cl)cc4c3CCN2c2nc(N3CCN(C)CC3)nc(C(F)(F)F)n2)c(F)c1F. The third-order valence-electron chi connectivity index (χ3n) is 7.60. The van der Waals surface area contributed by atoms with Crippen molar-refractivity contribution in [2.75, 3.05) is 49.6 Å². The van der Waals surface area contributed by atoms with E-state index in [-0.39, 0.29) is 29.6 Å². The maximum Gasteiger partial charge on any atom is 0.451 e. The van der Waals surface area contributed by atoms with Crippen molar-refractivity contribution in [1.29, 1.82) is 0 Å². The van der Waals surface area contributed by atoms with Gasteiger partial charge in [-0.25, -0.2) is 8.78 Å². The molecular formula is C27H25ClF5N7. The number of hydrogen-bond acceptors (Lipinski definition) is 6. The quantitative estimate of drug-likeness (QED) is 0.324. The number of alkyl halides is 3. The first kappa shape index (κ1) is 26.7. The lowest BCUT2D eigenvalue weighted by molar-refractivity contribution is -0.145. The van der Waals surface area contributed by atoms with Gasteiger partial charge in [0.1, 0.15) is 6.04 Å². The van der Waals surface area contributed by atoms with Crippen molar-refractivity contribution in [3.63, 3.8) is 0 Å². The molecule has 2 aliphatic heterocycles. The zero-order valence-corrected chi connectivity index (χ0v) is 22.4. The molecule has 4 aromatic rings. The van der Waals surface area contributed by atoms with Crippen molar-refractivity contribution in [3.8, 4) is 0 Å². The smallest absolute Gasteiger partial charge is 0.356 e. The zero-order valence-electron chi connectivity index (χ0n) is 21.7. The van der Waals surface area contributed by atoms with Gasteiger partial charge < -0.3 is 19.7 Å². The second kappa shape index (κ2) is 9.84. The number of benzene rings is 2. The first-order valence-electron chi connectivity index (χ1n) is 12.8. The predicted molar refractivity (Wildman–Crippen MR) is 142 cm³/mol. The molecule has 4 heterocycles. The summed E-state index contributed by atoms with van der Waals surface area (Å²) in [6.45, 7) is 3.72. The van der Waals surface area contributed by atoms with E-state index in [2.05, 4.69) is 24.8 Å². The number of rotatable bonds is 3. The van der Waals surface area contributed by atoms with Gasteiger partial charge in [-0.15, -0.1) is 0 Å². The van der Waals surface area contributed by atoms with Gasteiger partial charge in [-0.1, -0.05) is 23.7 Å². The van der Waals surface area contributed by atoms with Gasteiger partial charge >= 0.3 is 6.18 Å². The Hall–Kier alpha value is -3.51. The Bertz CT molecular complexity index is 1600. The minimum atomic E-state index is -4.84. The summed E-state index contributed by atoms with van der Waals surface area (Å²) >= 11 is 6.24. The van der Waals surface area contributed by atoms with E-state index < -0.39 is 29.7 Å². The molecule has 1 saturated heterocycles. The third-order valence-corrected chi connectivity index (χ3v) is 7.83. The topological polar surface area (TPSA) is 64.2 Å². The molecule has 0 amide bonds. The maximum atomic E-state index is 15.5. The van der Waals surface area contributed by atoms with Crippen LogP contribution < -0.4 is 9.80 Å². The van der Waals surface area contributed by atoms with Crippen LogP contribution in [-0.4, -0.2) is 64.6 Å². The van der Waals surface area contributed by atoms with Crippen molar-refractivity contribution in [2.45, 2.75) is 25.6 Å². The Kier molecular flexibility index (Phi) is 6.57. The van der Waals surface area contributed by atoms with E-state index in [9.17, 15) is 17.6 Å². The van der Waals surface area contributed by atoms with Gasteiger partial charge in [-0.3, -0.25) is 0 Å². The van der Waals surface area contributed by atoms with Gasteiger partial charge in [-0.2, -0.15) is 28.1 Å². The maximum absolute atomic E-state index is 15.5. The van der Waals surface area contributed by atoms with Gasteiger partial charge in [0.25, 0.3) is 0 Å².